The molecule has 1 aromatic carbocycles. The first-order valence-corrected chi connectivity index (χ1v) is 11.7. The van der Waals surface area contributed by atoms with Crippen LogP contribution in [0.4, 0.5) is 0 Å². The lowest BCUT2D eigenvalue weighted by molar-refractivity contribution is -0.121. The van der Waals surface area contributed by atoms with Crippen LogP contribution in [0, 0.1) is 0 Å². The van der Waals surface area contributed by atoms with E-state index in [0.29, 0.717) is 12.5 Å². The first-order valence-electron chi connectivity index (χ1n) is 9.30. The fourth-order valence-corrected chi connectivity index (χ4v) is 4.33. The molecule has 0 unspecified atom stereocenters. The summed E-state index contributed by atoms with van der Waals surface area (Å²) in [4.78, 5) is 16.6. The number of hydrogen-bond donors (Lipinski definition) is 2. The van der Waals surface area contributed by atoms with Crippen molar-refractivity contribution in [2.75, 3.05) is 6.54 Å². The number of hydrogen-bond acceptors (Lipinski definition) is 5. The summed E-state index contributed by atoms with van der Waals surface area (Å²) in [6.45, 7) is 10.8. The Morgan fingerprint density at radius 2 is 1.82 bits per heavy atom. The SMILES string of the molecule is CC(C)c1nc(CNC(=O)CCNS(=O)(=O)c2ccc(C(C)(C)C)cc2)cs1. The lowest BCUT2D eigenvalue weighted by Crippen LogP contribution is -2.30. The zero-order valence-corrected chi connectivity index (χ0v) is 18.7. The van der Waals surface area contributed by atoms with Gasteiger partial charge in [0.15, 0.2) is 0 Å². The molecule has 1 amide bonds. The number of nitrogens with one attached hydrogen (secondary N) is 2. The molecule has 1 heterocycles. The second-order valence-corrected chi connectivity index (χ2v) is 10.7. The van der Waals surface area contributed by atoms with Gasteiger partial charge < -0.3 is 5.32 Å². The Morgan fingerprint density at radius 3 is 2.36 bits per heavy atom. The summed E-state index contributed by atoms with van der Waals surface area (Å²) in [5.74, 6) is 0.145. The van der Waals surface area contributed by atoms with E-state index in [1.54, 1.807) is 23.5 Å². The average Bonchev–Trinajstić information content (AvgIpc) is 3.08. The monoisotopic (exact) mass is 423 g/mol. The fourth-order valence-electron chi connectivity index (χ4n) is 2.46. The van der Waals surface area contributed by atoms with Crippen molar-refractivity contribution in [1.82, 2.24) is 15.0 Å². The summed E-state index contributed by atoms with van der Waals surface area (Å²) in [6.07, 6.45) is 0.0699. The molecule has 2 aromatic rings. The van der Waals surface area contributed by atoms with Crippen molar-refractivity contribution in [3.8, 4) is 0 Å². The largest absolute Gasteiger partial charge is 0.350 e. The van der Waals surface area contributed by atoms with Crippen LogP contribution >= 0.6 is 11.3 Å². The van der Waals surface area contributed by atoms with Crippen LogP contribution in [0.25, 0.3) is 0 Å². The van der Waals surface area contributed by atoms with Crippen molar-refractivity contribution in [3.63, 3.8) is 0 Å². The predicted octanol–water partition coefficient (Wildman–Crippen LogP) is 3.55. The van der Waals surface area contributed by atoms with Gasteiger partial charge >= 0.3 is 0 Å². The third-order valence-electron chi connectivity index (χ3n) is 4.20. The highest BCUT2D eigenvalue weighted by molar-refractivity contribution is 7.89. The molecular formula is C20H29N3O3S2. The van der Waals surface area contributed by atoms with Gasteiger partial charge in [0.1, 0.15) is 0 Å². The van der Waals surface area contributed by atoms with Crippen LogP contribution in [0.2, 0.25) is 0 Å². The number of thiazole rings is 1. The van der Waals surface area contributed by atoms with Crippen LogP contribution in [0.1, 0.15) is 63.2 Å². The normalized spacial score (nSPS) is 12.4. The number of carbonyl (C=O) groups excluding carboxylic acids is 1. The van der Waals surface area contributed by atoms with Gasteiger partial charge in [0.05, 0.1) is 22.1 Å². The highest BCUT2D eigenvalue weighted by Crippen LogP contribution is 2.23. The Labute approximate surface area is 171 Å². The number of aromatic nitrogens is 1. The Hall–Kier alpha value is -1.77. The molecule has 0 aliphatic carbocycles. The predicted molar refractivity (Wildman–Crippen MR) is 113 cm³/mol. The van der Waals surface area contributed by atoms with Gasteiger partial charge in [0.25, 0.3) is 0 Å². The molecule has 0 saturated carbocycles. The molecule has 2 N–H and O–H groups in total. The van der Waals surface area contributed by atoms with Crippen molar-refractivity contribution >= 4 is 27.3 Å². The van der Waals surface area contributed by atoms with E-state index in [1.807, 2.05) is 17.5 Å². The third kappa shape index (κ3) is 6.39. The van der Waals surface area contributed by atoms with E-state index in [1.165, 1.54) is 0 Å². The van der Waals surface area contributed by atoms with E-state index < -0.39 is 10.0 Å². The molecule has 0 fully saturated rings. The molecule has 2 rings (SSSR count). The van der Waals surface area contributed by atoms with Crippen LogP contribution in [0.5, 0.6) is 0 Å². The highest BCUT2D eigenvalue weighted by atomic mass is 32.2. The van der Waals surface area contributed by atoms with Crippen molar-refractivity contribution < 1.29 is 13.2 Å². The third-order valence-corrected chi connectivity index (χ3v) is 6.88. The second-order valence-electron chi connectivity index (χ2n) is 8.03. The highest BCUT2D eigenvalue weighted by Gasteiger charge is 2.17. The van der Waals surface area contributed by atoms with Crippen molar-refractivity contribution in [3.05, 3.63) is 45.9 Å². The first kappa shape index (κ1) is 22.5. The van der Waals surface area contributed by atoms with E-state index in [2.05, 4.69) is 49.6 Å². The van der Waals surface area contributed by atoms with Gasteiger partial charge in [-0.3, -0.25) is 4.79 Å². The average molecular weight is 424 g/mol. The van der Waals surface area contributed by atoms with Gasteiger partial charge in [-0.05, 0) is 23.1 Å². The lowest BCUT2D eigenvalue weighted by atomic mass is 9.87. The Bertz CT molecular complexity index is 896. The number of rotatable bonds is 8. The summed E-state index contributed by atoms with van der Waals surface area (Å²) in [7, 11) is -3.63. The van der Waals surface area contributed by atoms with Crippen LogP contribution < -0.4 is 10.0 Å². The van der Waals surface area contributed by atoms with Crippen LogP contribution in [0.15, 0.2) is 34.5 Å². The molecule has 0 aliphatic rings. The van der Waals surface area contributed by atoms with Gasteiger partial charge in [-0.15, -0.1) is 11.3 Å². The zero-order chi connectivity index (χ0) is 20.9. The zero-order valence-electron chi connectivity index (χ0n) is 17.1. The van der Waals surface area contributed by atoms with Gasteiger partial charge in [-0.1, -0.05) is 46.8 Å². The minimum absolute atomic E-state index is 0.0406. The van der Waals surface area contributed by atoms with Crippen LogP contribution in [0.3, 0.4) is 0 Å². The Balaban J connectivity index is 1.81. The number of carbonyl (C=O) groups is 1. The summed E-state index contributed by atoms with van der Waals surface area (Å²) in [5.41, 5.74) is 1.84. The number of benzene rings is 1. The topological polar surface area (TPSA) is 88.2 Å². The molecule has 0 spiro atoms. The van der Waals surface area contributed by atoms with Gasteiger partial charge in [-0.25, -0.2) is 18.1 Å². The molecule has 6 nitrogen and oxygen atoms in total. The number of nitrogens with zero attached hydrogens (tertiary/aromatic N) is 1. The molecule has 0 saturated heterocycles. The molecule has 154 valence electrons. The van der Waals surface area contributed by atoms with E-state index in [-0.39, 0.29) is 29.2 Å². The fraction of sp³-hybridized carbons (Fsp3) is 0.500. The molecule has 28 heavy (non-hydrogen) atoms. The van der Waals surface area contributed by atoms with Gasteiger partial charge in [-0.2, -0.15) is 0 Å². The maximum atomic E-state index is 12.4. The van der Waals surface area contributed by atoms with Crippen molar-refractivity contribution in [2.24, 2.45) is 0 Å². The molecular weight excluding hydrogens is 394 g/mol. The summed E-state index contributed by atoms with van der Waals surface area (Å²) in [6, 6.07) is 6.83. The van der Waals surface area contributed by atoms with E-state index in [9.17, 15) is 13.2 Å². The lowest BCUT2D eigenvalue weighted by Gasteiger charge is -2.19. The molecule has 0 radical (unpaired) electrons. The molecule has 0 aliphatic heterocycles. The second kappa shape index (κ2) is 9.15. The minimum atomic E-state index is -3.63. The maximum absolute atomic E-state index is 12.4. The first-order chi connectivity index (χ1) is 13.0. The van der Waals surface area contributed by atoms with Crippen LogP contribution in [-0.2, 0) is 26.8 Å². The van der Waals surface area contributed by atoms with Gasteiger partial charge in [0, 0.05) is 24.3 Å². The van der Waals surface area contributed by atoms with Crippen molar-refractivity contribution in [2.45, 2.75) is 63.8 Å². The van der Waals surface area contributed by atoms with E-state index in [0.717, 1.165) is 16.3 Å². The number of amides is 1. The summed E-state index contributed by atoms with van der Waals surface area (Å²) >= 11 is 1.58. The molecule has 1 aromatic heterocycles. The van der Waals surface area contributed by atoms with E-state index >= 15 is 0 Å². The maximum Gasteiger partial charge on any atom is 0.240 e. The molecule has 8 heteroatoms. The Kier molecular flexibility index (Phi) is 7.36. The van der Waals surface area contributed by atoms with Gasteiger partial charge in [0.2, 0.25) is 15.9 Å². The Morgan fingerprint density at radius 1 is 1.18 bits per heavy atom. The van der Waals surface area contributed by atoms with Crippen molar-refractivity contribution in [1.29, 1.82) is 0 Å². The van der Waals surface area contributed by atoms with E-state index in [4.69, 9.17) is 0 Å². The minimum Gasteiger partial charge on any atom is -0.350 e. The summed E-state index contributed by atoms with van der Waals surface area (Å²) in [5, 5.41) is 5.74. The quantitative estimate of drug-likeness (QED) is 0.680. The molecule has 0 bridgehead atoms. The standard InChI is InChI=1S/C20H29N3O3S2/c1-14(2)19-23-16(13-27-19)12-21-18(24)10-11-22-28(25,26)17-8-6-15(7-9-17)20(3,4)5/h6-9,13-14,22H,10-12H2,1-5H3,(H,21,24). The van der Waals surface area contributed by atoms with Crippen LogP contribution in [-0.4, -0.2) is 25.9 Å². The summed E-state index contributed by atoms with van der Waals surface area (Å²) < 4.78 is 27.2. The number of sulfonamides is 1. The molecule has 0 atom stereocenters. The smallest absolute Gasteiger partial charge is 0.240 e.